The Labute approximate surface area is 249 Å². The Morgan fingerprint density at radius 1 is 0.524 bits per heavy atom. The second-order valence-corrected chi connectivity index (χ2v) is 9.70. The molecule has 0 aromatic heterocycles. The molecule has 0 aliphatic heterocycles. The summed E-state index contributed by atoms with van der Waals surface area (Å²) in [5.41, 5.74) is 0.901. The Bertz CT molecular complexity index is 1030. The summed E-state index contributed by atoms with van der Waals surface area (Å²) >= 11 is 0. The summed E-state index contributed by atoms with van der Waals surface area (Å²) in [4.78, 5) is 26.4. The van der Waals surface area contributed by atoms with Crippen molar-refractivity contribution in [1.82, 2.24) is 10.6 Å². The van der Waals surface area contributed by atoms with Gasteiger partial charge < -0.3 is 39.1 Å². The van der Waals surface area contributed by atoms with Gasteiger partial charge in [0.25, 0.3) is 11.8 Å². The molecule has 10 nitrogen and oxygen atoms in total. The van der Waals surface area contributed by atoms with Crippen molar-refractivity contribution in [2.75, 3.05) is 39.6 Å². The van der Waals surface area contributed by atoms with E-state index >= 15 is 0 Å². The largest absolute Gasteiger partial charge is 0.490 e. The molecule has 10 heteroatoms. The highest BCUT2D eigenvalue weighted by Crippen LogP contribution is 2.40. The molecule has 2 amide bonds. The van der Waals surface area contributed by atoms with Crippen molar-refractivity contribution in [3.63, 3.8) is 0 Å². The SMILES string of the molecule is CCOc1cc(C(=O)NC2CCC(NC(=O)c3cc(OCC)c(OCC)c(OCC)c3)CC2)cc(OCC)c1OCC. The Morgan fingerprint density at radius 3 is 1.02 bits per heavy atom. The van der Waals surface area contributed by atoms with Gasteiger partial charge >= 0.3 is 0 Å². The zero-order chi connectivity index (χ0) is 30.5. The second kappa shape index (κ2) is 16.6. The molecule has 1 aliphatic carbocycles. The minimum atomic E-state index is -0.200. The minimum absolute atomic E-state index is 0.0112. The third-order valence-corrected chi connectivity index (χ3v) is 6.74. The van der Waals surface area contributed by atoms with Gasteiger partial charge in [0.2, 0.25) is 11.5 Å². The third kappa shape index (κ3) is 8.59. The first-order valence-corrected chi connectivity index (χ1v) is 15.1. The molecule has 2 aromatic carbocycles. The van der Waals surface area contributed by atoms with Crippen LogP contribution in [-0.2, 0) is 0 Å². The molecule has 0 radical (unpaired) electrons. The number of amides is 2. The predicted molar refractivity (Wildman–Crippen MR) is 161 cm³/mol. The highest BCUT2D eigenvalue weighted by atomic mass is 16.5. The van der Waals surface area contributed by atoms with Crippen LogP contribution in [0.25, 0.3) is 0 Å². The molecule has 3 rings (SSSR count). The lowest BCUT2D eigenvalue weighted by molar-refractivity contribution is 0.0891. The molecule has 42 heavy (non-hydrogen) atoms. The zero-order valence-corrected chi connectivity index (χ0v) is 25.8. The molecule has 0 unspecified atom stereocenters. The molecule has 1 aliphatic rings. The van der Waals surface area contributed by atoms with Crippen molar-refractivity contribution in [1.29, 1.82) is 0 Å². The van der Waals surface area contributed by atoms with E-state index in [4.69, 9.17) is 28.4 Å². The molecular formula is C32H46N2O8. The van der Waals surface area contributed by atoms with Crippen molar-refractivity contribution in [3.05, 3.63) is 35.4 Å². The molecule has 0 atom stereocenters. The van der Waals surface area contributed by atoms with E-state index in [1.165, 1.54) is 0 Å². The van der Waals surface area contributed by atoms with E-state index in [9.17, 15) is 9.59 Å². The van der Waals surface area contributed by atoms with E-state index < -0.39 is 0 Å². The van der Waals surface area contributed by atoms with Gasteiger partial charge in [0.1, 0.15) is 0 Å². The molecule has 0 heterocycles. The Balaban J connectivity index is 1.64. The topological polar surface area (TPSA) is 114 Å². The molecule has 232 valence electrons. The maximum Gasteiger partial charge on any atom is 0.251 e. The lowest BCUT2D eigenvalue weighted by Gasteiger charge is -2.30. The van der Waals surface area contributed by atoms with E-state index in [0.29, 0.717) is 85.3 Å². The van der Waals surface area contributed by atoms with Gasteiger partial charge in [-0.1, -0.05) is 0 Å². The van der Waals surface area contributed by atoms with Crippen molar-refractivity contribution >= 4 is 11.8 Å². The van der Waals surface area contributed by atoms with Gasteiger partial charge in [0, 0.05) is 23.2 Å². The number of hydrogen-bond donors (Lipinski definition) is 2. The van der Waals surface area contributed by atoms with Crippen molar-refractivity contribution in [3.8, 4) is 34.5 Å². The van der Waals surface area contributed by atoms with Crippen molar-refractivity contribution < 1.29 is 38.0 Å². The molecule has 0 spiro atoms. The molecule has 2 N–H and O–H groups in total. The van der Waals surface area contributed by atoms with E-state index in [1.807, 2.05) is 41.5 Å². The number of hydrogen-bond acceptors (Lipinski definition) is 8. The monoisotopic (exact) mass is 586 g/mol. The molecular weight excluding hydrogens is 540 g/mol. The summed E-state index contributed by atoms with van der Waals surface area (Å²) < 4.78 is 34.5. The fourth-order valence-electron chi connectivity index (χ4n) is 4.96. The summed E-state index contributed by atoms with van der Waals surface area (Å²) in [5.74, 6) is 2.54. The van der Waals surface area contributed by atoms with Gasteiger partial charge in [-0.2, -0.15) is 0 Å². The smallest absolute Gasteiger partial charge is 0.251 e. The van der Waals surface area contributed by atoms with Gasteiger partial charge in [-0.25, -0.2) is 0 Å². The molecule has 0 bridgehead atoms. The van der Waals surface area contributed by atoms with Crippen LogP contribution in [0, 0.1) is 0 Å². The maximum absolute atomic E-state index is 13.2. The summed E-state index contributed by atoms with van der Waals surface area (Å²) in [7, 11) is 0. The van der Waals surface area contributed by atoms with Crippen LogP contribution in [0.15, 0.2) is 24.3 Å². The van der Waals surface area contributed by atoms with E-state index in [-0.39, 0.29) is 23.9 Å². The number of ether oxygens (including phenoxy) is 6. The summed E-state index contributed by atoms with van der Waals surface area (Å²) in [6.07, 6.45) is 2.95. The summed E-state index contributed by atoms with van der Waals surface area (Å²) in [6, 6.07) is 6.76. The number of rotatable bonds is 16. The number of benzene rings is 2. The molecule has 2 aromatic rings. The van der Waals surface area contributed by atoms with Crippen LogP contribution in [0.2, 0.25) is 0 Å². The first-order chi connectivity index (χ1) is 20.4. The van der Waals surface area contributed by atoms with Crippen LogP contribution in [-0.4, -0.2) is 63.5 Å². The first-order valence-electron chi connectivity index (χ1n) is 15.1. The lowest BCUT2D eigenvalue weighted by atomic mass is 9.90. The van der Waals surface area contributed by atoms with E-state index in [1.54, 1.807) is 24.3 Å². The van der Waals surface area contributed by atoms with Crippen LogP contribution in [0.5, 0.6) is 34.5 Å². The standard InChI is InChI=1S/C32H46N2O8/c1-7-37-25-17-21(18-26(38-8-2)29(25)41-11-5)31(35)33-23-13-15-24(16-14-23)34-32(36)22-19-27(39-9-3)30(42-12-6)28(20-22)40-10-4/h17-20,23-24H,7-16H2,1-6H3,(H,33,35)(H,34,36). The Kier molecular flexibility index (Phi) is 12.9. The van der Waals surface area contributed by atoms with Crippen LogP contribution in [0.3, 0.4) is 0 Å². The van der Waals surface area contributed by atoms with Gasteiger partial charge in [0.15, 0.2) is 23.0 Å². The fourth-order valence-corrected chi connectivity index (χ4v) is 4.96. The van der Waals surface area contributed by atoms with Crippen molar-refractivity contribution in [2.45, 2.75) is 79.3 Å². The van der Waals surface area contributed by atoms with Crippen molar-refractivity contribution in [2.24, 2.45) is 0 Å². The maximum atomic E-state index is 13.2. The van der Waals surface area contributed by atoms with Crippen LogP contribution < -0.4 is 39.1 Å². The first kappa shape index (κ1) is 32.7. The summed E-state index contributed by atoms with van der Waals surface area (Å²) in [6.45, 7) is 13.9. The van der Waals surface area contributed by atoms with Gasteiger partial charge in [-0.15, -0.1) is 0 Å². The average molecular weight is 587 g/mol. The van der Waals surface area contributed by atoms with Gasteiger partial charge in [-0.3, -0.25) is 9.59 Å². The molecule has 1 fully saturated rings. The molecule has 0 saturated heterocycles. The lowest BCUT2D eigenvalue weighted by Crippen LogP contribution is -2.43. The van der Waals surface area contributed by atoms with Crippen LogP contribution in [0.4, 0.5) is 0 Å². The summed E-state index contributed by atoms with van der Waals surface area (Å²) in [5, 5.41) is 6.28. The quantitative estimate of drug-likeness (QED) is 0.263. The van der Waals surface area contributed by atoms with Crippen LogP contribution >= 0.6 is 0 Å². The average Bonchev–Trinajstić information content (AvgIpc) is 2.97. The number of carbonyl (C=O) groups is 2. The van der Waals surface area contributed by atoms with E-state index in [0.717, 1.165) is 25.7 Å². The number of nitrogens with one attached hydrogen (secondary N) is 2. The van der Waals surface area contributed by atoms with Crippen LogP contribution in [0.1, 0.15) is 87.9 Å². The fraction of sp³-hybridized carbons (Fsp3) is 0.562. The third-order valence-electron chi connectivity index (χ3n) is 6.74. The van der Waals surface area contributed by atoms with E-state index in [2.05, 4.69) is 10.6 Å². The highest BCUT2D eigenvalue weighted by Gasteiger charge is 2.26. The van der Waals surface area contributed by atoms with Gasteiger partial charge in [0.05, 0.1) is 39.6 Å². The Morgan fingerprint density at radius 2 is 0.786 bits per heavy atom. The Hall–Kier alpha value is -3.82. The predicted octanol–water partition coefficient (Wildman–Crippen LogP) is 5.55. The normalized spacial score (nSPS) is 16.2. The highest BCUT2D eigenvalue weighted by molar-refractivity contribution is 5.96. The minimum Gasteiger partial charge on any atom is -0.490 e. The number of carbonyl (C=O) groups excluding carboxylic acids is 2. The van der Waals surface area contributed by atoms with Gasteiger partial charge in [-0.05, 0) is 91.5 Å². The molecule has 1 saturated carbocycles. The zero-order valence-electron chi connectivity index (χ0n) is 25.8. The second-order valence-electron chi connectivity index (χ2n) is 9.70.